The molecule has 0 radical (unpaired) electrons. The summed E-state index contributed by atoms with van der Waals surface area (Å²) < 4.78 is 27.2. The van der Waals surface area contributed by atoms with Crippen molar-refractivity contribution in [3.63, 3.8) is 0 Å². The molecule has 5 nitrogen and oxygen atoms in total. The van der Waals surface area contributed by atoms with Crippen molar-refractivity contribution in [1.82, 2.24) is 9.62 Å². The predicted molar refractivity (Wildman–Crippen MR) is 116 cm³/mol. The first-order valence-corrected chi connectivity index (χ1v) is 11.8. The van der Waals surface area contributed by atoms with Gasteiger partial charge in [-0.05, 0) is 49.6 Å². The third kappa shape index (κ3) is 5.06. The van der Waals surface area contributed by atoms with Crippen LogP contribution in [0, 0.1) is 5.92 Å². The number of sulfonamides is 1. The zero-order valence-electron chi connectivity index (χ0n) is 15.7. The Labute approximate surface area is 186 Å². The molecule has 1 aliphatic rings. The van der Waals surface area contributed by atoms with Crippen molar-refractivity contribution in [2.75, 3.05) is 13.1 Å². The van der Waals surface area contributed by atoms with E-state index in [0.29, 0.717) is 17.9 Å². The number of hydrogen-bond acceptors (Lipinski definition) is 3. The van der Waals surface area contributed by atoms with Crippen molar-refractivity contribution < 1.29 is 13.2 Å². The van der Waals surface area contributed by atoms with Gasteiger partial charge in [-0.25, -0.2) is 8.42 Å². The van der Waals surface area contributed by atoms with Crippen molar-refractivity contribution >= 4 is 50.7 Å². The average Bonchev–Trinajstić information content (AvgIpc) is 2.67. The standard InChI is InChI=1S/C20H21Cl3N2O3S/c1-13(15-4-2-5-16(21)12-15)24-20(26)14-8-10-25(11-9-14)29(27,28)19-17(22)6-3-7-18(19)23/h2-7,12-14H,8-11H2,1H3,(H,24,26). The third-order valence-electron chi connectivity index (χ3n) is 5.05. The van der Waals surface area contributed by atoms with Crippen LogP contribution in [-0.4, -0.2) is 31.7 Å². The minimum atomic E-state index is -3.82. The van der Waals surface area contributed by atoms with Crippen LogP contribution in [0.5, 0.6) is 0 Å². The lowest BCUT2D eigenvalue weighted by atomic mass is 9.96. The summed E-state index contributed by atoms with van der Waals surface area (Å²) in [4.78, 5) is 12.6. The summed E-state index contributed by atoms with van der Waals surface area (Å²) in [7, 11) is -3.82. The second-order valence-corrected chi connectivity index (χ2v) is 10.1. The maximum absolute atomic E-state index is 12.9. The molecule has 1 aliphatic heterocycles. The van der Waals surface area contributed by atoms with E-state index in [1.807, 2.05) is 25.1 Å². The fourth-order valence-corrected chi connectivity index (χ4v) is 6.17. The molecule has 0 spiro atoms. The number of nitrogens with one attached hydrogen (secondary N) is 1. The molecule has 9 heteroatoms. The van der Waals surface area contributed by atoms with E-state index in [9.17, 15) is 13.2 Å². The van der Waals surface area contributed by atoms with Crippen molar-refractivity contribution in [2.45, 2.75) is 30.7 Å². The Morgan fingerprint density at radius 2 is 1.66 bits per heavy atom. The predicted octanol–water partition coefficient (Wildman–Crippen LogP) is 4.92. The SMILES string of the molecule is CC(NC(=O)C1CCN(S(=O)(=O)c2c(Cl)cccc2Cl)CC1)c1cccc(Cl)c1. The van der Waals surface area contributed by atoms with Crippen LogP contribution in [0.1, 0.15) is 31.4 Å². The second-order valence-electron chi connectivity index (χ2n) is 7.01. The molecule has 0 aliphatic carbocycles. The molecular formula is C20H21Cl3N2O3S. The number of benzene rings is 2. The smallest absolute Gasteiger partial charge is 0.246 e. The summed E-state index contributed by atoms with van der Waals surface area (Å²) in [5, 5.41) is 3.78. The molecule has 1 unspecified atom stereocenters. The van der Waals surface area contributed by atoms with Gasteiger partial charge in [0.05, 0.1) is 16.1 Å². The van der Waals surface area contributed by atoms with Gasteiger partial charge < -0.3 is 5.32 Å². The van der Waals surface area contributed by atoms with Gasteiger partial charge in [-0.2, -0.15) is 4.31 Å². The highest BCUT2D eigenvalue weighted by atomic mass is 35.5. The summed E-state index contributed by atoms with van der Waals surface area (Å²) >= 11 is 18.2. The quantitative estimate of drug-likeness (QED) is 0.667. The summed E-state index contributed by atoms with van der Waals surface area (Å²) in [5.41, 5.74) is 0.916. The lowest BCUT2D eigenvalue weighted by Gasteiger charge is -2.31. The minimum Gasteiger partial charge on any atom is -0.349 e. The van der Waals surface area contributed by atoms with Crippen molar-refractivity contribution in [1.29, 1.82) is 0 Å². The van der Waals surface area contributed by atoms with Crippen LogP contribution in [0.3, 0.4) is 0 Å². The van der Waals surface area contributed by atoms with E-state index in [0.717, 1.165) is 5.56 Å². The number of nitrogens with zero attached hydrogens (tertiary/aromatic N) is 1. The van der Waals surface area contributed by atoms with Gasteiger partial charge in [0.15, 0.2) is 0 Å². The fourth-order valence-electron chi connectivity index (χ4n) is 3.41. The monoisotopic (exact) mass is 474 g/mol. The van der Waals surface area contributed by atoms with Gasteiger partial charge in [0, 0.05) is 24.0 Å². The van der Waals surface area contributed by atoms with Crippen LogP contribution in [0.15, 0.2) is 47.4 Å². The summed E-state index contributed by atoms with van der Waals surface area (Å²) in [6.45, 7) is 2.35. The van der Waals surface area contributed by atoms with Crippen LogP contribution in [0.25, 0.3) is 0 Å². The van der Waals surface area contributed by atoms with E-state index >= 15 is 0 Å². The lowest BCUT2D eigenvalue weighted by Crippen LogP contribution is -2.43. The van der Waals surface area contributed by atoms with Gasteiger partial charge in [-0.15, -0.1) is 0 Å². The van der Waals surface area contributed by atoms with Crippen molar-refractivity contribution in [3.05, 3.63) is 63.1 Å². The number of halogens is 3. The molecule has 1 fully saturated rings. The maximum Gasteiger partial charge on any atom is 0.246 e. The fraction of sp³-hybridized carbons (Fsp3) is 0.350. The summed E-state index contributed by atoms with van der Waals surface area (Å²) in [6, 6.07) is 11.7. The molecule has 1 atom stereocenters. The van der Waals surface area contributed by atoms with Crippen LogP contribution in [0.4, 0.5) is 0 Å². The van der Waals surface area contributed by atoms with Gasteiger partial charge in [-0.3, -0.25) is 4.79 Å². The Kier molecular flexibility index (Phi) is 7.12. The minimum absolute atomic E-state index is 0.0826. The van der Waals surface area contributed by atoms with Gasteiger partial charge >= 0.3 is 0 Å². The zero-order chi connectivity index (χ0) is 21.2. The molecule has 29 heavy (non-hydrogen) atoms. The number of piperidine rings is 1. The van der Waals surface area contributed by atoms with Gasteiger partial charge in [0.25, 0.3) is 0 Å². The van der Waals surface area contributed by atoms with Crippen LogP contribution < -0.4 is 5.32 Å². The van der Waals surface area contributed by atoms with Gasteiger partial charge in [0.2, 0.25) is 15.9 Å². The third-order valence-corrected chi connectivity index (χ3v) is 8.14. The molecule has 2 aromatic carbocycles. The topological polar surface area (TPSA) is 66.5 Å². The molecule has 156 valence electrons. The number of hydrogen-bond donors (Lipinski definition) is 1. The Balaban J connectivity index is 1.63. The number of carbonyl (C=O) groups excluding carboxylic acids is 1. The highest BCUT2D eigenvalue weighted by Crippen LogP contribution is 2.33. The maximum atomic E-state index is 12.9. The van der Waals surface area contributed by atoms with E-state index in [4.69, 9.17) is 34.8 Å². The Hall–Kier alpha value is -1.31. The van der Waals surface area contributed by atoms with Crippen molar-refractivity contribution in [3.8, 4) is 0 Å². The van der Waals surface area contributed by atoms with E-state index in [2.05, 4.69) is 5.32 Å². The Morgan fingerprint density at radius 3 is 2.24 bits per heavy atom. The highest BCUT2D eigenvalue weighted by molar-refractivity contribution is 7.89. The van der Waals surface area contributed by atoms with E-state index < -0.39 is 10.0 Å². The number of rotatable bonds is 5. The van der Waals surface area contributed by atoms with E-state index in [1.54, 1.807) is 12.1 Å². The van der Waals surface area contributed by atoms with Crippen LogP contribution >= 0.6 is 34.8 Å². The molecule has 0 saturated carbocycles. The lowest BCUT2D eigenvalue weighted by molar-refractivity contribution is -0.126. The molecule has 1 amide bonds. The molecule has 2 aromatic rings. The first kappa shape index (κ1) is 22.4. The zero-order valence-corrected chi connectivity index (χ0v) is 18.8. The first-order chi connectivity index (χ1) is 13.7. The van der Waals surface area contributed by atoms with E-state index in [-0.39, 0.29) is 45.9 Å². The van der Waals surface area contributed by atoms with Crippen LogP contribution in [-0.2, 0) is 14.8 Å². The summed E-state index contributed by atoms with van der Waals surface area (Å²) in [6.07, 6.45) is 0.852. The highest BCUT2D eigenvalue weighted by Gasteiger charge is 2.34. The number of amides is 1. The molecule has 1 saturated heterocycles. The Morgan fingerprint density at radius 1 is 1.07 bits per heavy atom. The molecule has 1 heterocycles. The second kappa shape index (κ2) is 9.23. The van der Waals surface area contributed by atoms with Gasteiger partial charge in [0.1, 0.15) is 4.90 Å². The number of carbonyl (C=O) groups is 1. The molecule has 0 aromatic heterocycles. The molecule has 0 bridgehead atoms. The largest absolute Gasteiger partial charge is 0.349 e. The molecular weight excluding hydrogens is 455 g/mol. The normalized spacial score (nSPS) is 17.1. The van der Waals surface area contributed by atoms with Crippen molar-refractivity contribution in [2.24, 2.45) is 5.92 Å². The Bertz CT molecular complexity index is 986. The summed E-state index contributed by atoms with van der Waals surface area (Å²) in [5.74, 6) is -0.352. The van der Waals surface area contributed by atoms with Crippen LogP contribution in [0.2, 0.25) is 15.1 Å². The first-order valence-electron chi connectivity index (χ1n) is 9.20. The van der Waals surface area contributed by atoms with E-state index in [1.165, 1.54) is 16.4 Å². The molecule has 3 rings (SSSR count). The van der Waals surface area contributed by atoms with Gasteiger partial charge in [-0.1, -0.05) is 53.0 Å². The average molecular weight is 476 g/mol. The molecule has 1 N–H and O–H groups in total.